The lowest BCUT2D eigenvalue weighted by atomic mass is 10.2. The second-order valence-corrected chi connectivity index (χ2v) is 4.71. The largest absolute Gasteiger partial charge is 0.416 e. The number of benzene rings is 1. The first-order chi connectivity index (χ1) is 9.40. The van der Waals surface area contributed by atoms with Gasteiger partial charge in [0.2, 0.25) is 0 Å². The number of aromatic nitrogens is 1. The number of pyridine rings is 1. The van der Waals surface area contributed by atoms with Crippen LogP contribution < -0.4 is 5.32 Å². The molecule has 7 heteroatoms. The lowest BCUT2D eigenvalue weighted by Gasteiger charge is -2.12. The molecule has 0 unspecified atom stereocenters. The number of nitrogens with one attached hydrogen (secondary N) is 1. The number of nitrogens with zero attached hydrogens (tertiary/aromatic N) is 2. The van der Waals surface area contributed by atoms with Crippen LogP contribution in [0.2, 0.25) is 0 Å². The van der Waals surface area contributed by atoms with E-state index in [9.17, 15) is 13.2 Å². The van der Waals surface area contributed by atoms with Gasteiger partial charge in [0.05, 0.1) is 22.9 Å². The molecule has 2 rings (SSSR count). The molecule has 2 aromatic rings. The van der Waals surface area contributed by atoms with Crippen LogP contribution in [0.3, 0.4) is 0 Å². The molecule has 1 aromatic heterocycles. The van der Waals surface area contributed by atoms with Crippen molar-refractivity contribution in [3.05, 3.63) is 52.1 Å². The zero-order valence-electron chi connectivity index (χ0n) is 9.87. The zero-order chi connectivity index (χ0) is 14.8. The Hall–Kier alpha value is -2.07. The summed E-state index contributed by atoms with van der Waals surface area (Å²) in [5.74, 6) is 0.295. The van der Waals surface area contributed by atoms with E-state index >= 15 is 0 Å². The molecule has 0 bridgehead atoms. The Balaban J connectivity index is 2.35. The second kappa shape index (κ2) is 5.51. The first-order valence-electron chi connectivity index (χ1n) is 5.40. The summed E-state index contributed by atoms with van der Waals surface area (Å²) in [6.45, 7) is 0. The lowest BCUT2D eigenvalue weighted by molar-refractivity contribution is -0.137. The molecule has 3 nitrogen and oxygen atoms in total. The van der Waals surface area contributed by atoms with Crippen molar-refractivity contribution in [3.8, 4) is 6.07 Å². The van der Waals surface area contributed by atoms with Crippen LogP contribution in [-0.2, 0) is 6.18 Å². The number of rotatable bonds is 2. The van der Waals surface area contributed by atoms with Gasteiger partial charge in [0, 0.05) is 10.7 Å². The predicted octanol–water partition coefficient (Wildman–Crippen LogP) is 4.48. The fourth-order valence-electron chi connectivity index (χ4n) is 1.50. The number of hydrogen-bond acceptors (Lipinski definition) is 3. The van der Waals surface area contributed by atoms with Crippen molar-refractivity contribution in [1.82, 2.24) is 4.98 Å². The van der Waals surface area contributed by atoms with Crippen molar-refractivity contribution in [3.63, 3.8) is 0 Å². The Morgan fingerprint density at radius 3 is 2.60 bits per heavy atom. The number of alkyl halides is 3. The van der Waals surface area contributed by atoms with E-state index in [0.29, 0.717) is 15.9 Å². The highest BCUT2D eigenvalue weighted by Gasteiger charge is 2.30. The summed E-state index contributed by atoms with van der Waals surface area (Å²) in [7, 11) is 0. The van der Waals surface area contributed by atoms with Crippen LogP contribution in [0.4, 0.5) is 24.7 Å². The van der Waals surface area contributed by atoms with Crippen LogP contribution >= 0.6 is 15.9 Å². The standard InChI is InChI=1S/C13H7BrF3N3/c14-10-2-1-9(13(15,16)17)6-11(10)20-12-5-8(7-18)3-4-19-12/h1-6H,(H,19,20). The molecular formula is C13H7BrF3N3. The van der Waals surface area contributed by atoms with Gasteiger partial charge >= 0.3 is 6.18 Å². The van der Waals surface area contributed by atoms with Gasteiger partial charge in [-0.25, -0.2) is 4.98 Å². The summed E-state index contributed by atoms with van der Waals surface area (Å²) < 4.78 is 38.4. The van der Waals surface area contributed by atoms with E-state index < -0.39 is 11.7 Å². The molecule has 0 radical (unpaired) electrons. The van der Waals surface area contributed by atoms with Gasteiger partial charge in [-0.3, -0.25) is 0 Å². The fraction of sp³-hybridized carbons (Fsp3) is 0.0769. The van der Waals surface area contributed by atoms with E-state index in [1.165, 1.54) is 24.4 Å². The molecule has 0 aliphatic carbocycles. The minimum absolute atomic E-state index is 0.224. The summed E-state index contributed by atoms with van der Waals surface area (Å²) in [6.07, 6.45) is -3.01. The quantitative estimate of drug-likeness (QED) is 0.876. The van der Waals surface area contributed by atoms with Gasteiger partial charge in [-0.2, -0.15) is 18.4 Å². The summed E-state index contributed by atoms with van der Waals surface area (Å²) in [4.78, 5) is 3.95. The average molecular weight is 342 g/mol. The van der Waals surface area contributed by atoms with Crippen LogP contribution in [0.5, 0.6) is 0 Å². The molecule has 1 heterocycles. The Bertz CT molecular complexity index is 677. The molecule has 20 heavy (non-hydrogen) atoms. The van der Waals surface area contributed by atoms with Crippen LogP contribution in [-0.4, -0.2) is 4.98 Å². The third-order valence-electron chi connectivity index (χ3n) is 2.45. The molecule has 0 aliphatic heterocycles. The predicted molar refractivity (Wildman–Crippen MR) is 71.4 cm³/mol. The molecule has 0 spiro atoms. The van der Waals surface area contributed by atoms with Gasteiger partial charge in [0.1, 0.15) is 5.82 Å². The van der Waals surface area contributed by atoms with E-state index in [1.807, 2.05) is 6.07 Å². The molecule has 0 fully saturated rings. The van der Waals surface area contributed by atoms with E-state index in [4.69, 9.17) is 5.26 Å². The van der Waals surface area contributed by atoms with Crippen LogP contribution in [0.25, 0.3) is 0 Å². The molecular weight excluding hydrogens is 335 g/mol. The van der Waals surface area contributed by atoms with E-state index in [-0.39, 0.29) is 5.69 Å². The van der Waals surface area contributed by atoms with Crippen molar-refractivity contribution in [2.24, 2.45) is 0 Å². The number of anilines is 2. The van der Waals surface area contributed by atoms with Gasteiger partial charge in [-0.15, -0.1) is 0 Å². The summed E-state index contributed by atoms with van der Waals surface area (Å²) in [5, 5.41) is 11.5. The van der Waals surface area contributed by atoms with Crippen LogP contribution in [0.15, 0.2) is 41.0 Å². The lowest BCUT2D eigenvalue weighted by Crippen LogP contribution is -2.06. The maximum Gasteiger partial charge on any atom is 0.416 e. The Morgan fingerprint density at radius 1 is 1.20 bits per heavy atom. The Morgan fingerprint density at radius 2 is 1.95 bits per heavy atom. The zero-order valence-corrected chi connectivity index (χ0v) is 11.5. The maximum atomic E-state index is 12.7. The third-order valence-corrected chi connectivity index (χ3v) is 3.14. The molecule has 0 saturated heterocycles. The van der Waals surface area contributed by atoms with Gasteiger partial charge in [-0.1, -0.05) is 0 Å². The van der Waals surface area contributed by atoms with E-state index in [2.05, 4.69) is 26.2 Å². The maximum absolute atomic E-state index is 12.7. The highest BCUT2D eigenvalue weighted by molar-refractivity contribution is 9.10. The number of hydrogen-bond donors (Lipinski definition) is 1. The number of halogens is 4. The average Bonchev–Trinajstić information content (AvgIpc) is 2.40. The fourth-order valence-corrected chi connectivity index (χ4v) is 1.85. The highest BCUT2D eigenvalue weighted by Crippen LogP contribution is 2.34. The van der Waals surface area contributed by atoms with Gasteiger partial charge < -0.3 is 5.32 Å². The first-order valence-corrected chi connectivity index (χ1v) is 6.19. The van der Waals surface area contributed by atoms with Crippen molar-refractivity contribution in [2.45, 2.75) is 6.18 Å². The van der Waals surface area contributed by atoms with Crippen molar-refractivity contribution >= 4 is 27.4 Å². The van der Waals surface area contributed by atoms with Crippen LogP contribution in [0.1, 0.15) is 11.1 Å². The second-order valence-electron chi connectivity index (χ2n) is 3.86. The van der Waals surface area contributed by atoms with Crippen molar-refractivity contribution in [1.29, 1.82) is 5.26 Å². The van der Waals surface area contributed by atoms with Gasteiger partial charge in [-0.05, 0) is 46.3 Å². The topological polar surface area (TPSA) is 48.7 Å². The van der Waals surface area contributed by atoms with Gasteiger partial charge in [0.15, 0.2) is 0 Å². The molecule has 102 valence electrons. The molecule has 0 atom stereocenters. The molecule has 1 N–H and O–H groups in total. The summed E-state index contributed by atoms with van der Waals surface area (Å²) >= 11 is 3.17. The summed E-state index contributed by atoms with van der Waals surface area (Å²) in [6, 6.07) is 8.15. The van der Waals surface area contributed by atoms with Crippen molar-refractivity contribution < 1.29 is 13.2 Å². The SMILES string of the molecule is N#Cc1ccnc(Nc2cc(C(F)(F)F)ccc2Br)c1. The van der Waals surface area contributed by atoms with Crippen molar-refractivity contribution in [2.75, 3.05) is 5.32 Å². The molecule has 0 amide bonds. The summed E-state index contributed by atoms with van der Waals surface area (Å²) in [5.41, 5.74) is -0.173. The molecule has 0 aliphatic rings. The molecule has 1 aromatic carbocycles. The Labute approximate surface area is 121 Å². The number of nitriles is 1. The van der Waals surface area contributed by atoms with E-state index in [1.54, 1.807) is 0 Å². The highest BCUT2D eigenvalue weighted by atomic mass is 79.9. The van der Waals surface area contributed by atoms with E-state index in [0.717, 1.165) is 12.1 Å². The van der Waals surface area contributed by atoms with Gasteiger partial charge in [0.25, 0.3) is 0 Å². The Kier molecular flexibility index (Phi) is 3.95. The minimum atomic E-state index is -4.42. The smallest absolute Gasteiger partial charge is 0.339 e. The monoisotopic (exact) mass is 341 g/mol. The normalized spacial score (nSPS) is 10.9. The third kappa shape index (κ3) is 3.27. The van der Waals surface area contributed by atoms with Crippen LogP contribution in [0, 0.1) is 11.3 Å². The minimum Gasteiger partial charge on any atom is -0.339 e. The molecule has 0 saturated carbocycles. The first kappa shape index (κ1) is 14.3.